The molecule has 2 rings (SSSR count). The first-order valence-corrected chi connectivity index (χ1v) is 6.91. The summed E-state index contributed by atoms with van der Waals surface area (Å²) in [7, 11) is 0. The van der Waals surface area contributed by atoms with Crippen LogP contribution < -0.4 is 0 Å². The quantitative estimate of drug-likeness (QED) is 0.693. The highest BCUT2D eigenvalue weighted by molar-refractivity contribution is 7.99. The van der Waals surface area contributed by atoms with Gasteiger partial charge < -0.3 is 0 Å². The molecule has 0 atom stereocenters. The molecule has 14 heavy (non-hydrogen) atoms. The lowest BCUT2D eigenvalue weighted by atomic mass is 10.1. The maximum Gasteiger partial charge on any atom is 0.0159 e. The summed E-state index contributed by atoms with van der Waals surface area (Å²) in [4.78, 5) is 2.74. The second-order valence-electron chi connectivity index (χ2n) is 3.02. The molecule has 0 N–H and O–H groups in total. The summed E-state index contributed by atoms with van der Waals surface area (Å²) >= 11 is 3.63. The molecule has 2 aromatic carbocycles. The third-order valence-corrected chi connectivity index (χ3v) is 3.83. The number of hydrogen-bond acceptors (Lipinski definition) is 2. The summed E-state index contributed by atoms with van der Waals surface area (Å²) in [6.45, 7) is 0. The van der Waals surface area contributed by atoms with E-state index in [1.165, 1.54) is 20.6 Å². The van der Waals surface area contributed by atoms with Gasteiger partial charge in [0, 0.05) is 15.2 Å². The van der Waals surface area contributed by atoms with Crippen molar-refractivity contribution in [3.63, 3.8) is 0 Å². The van der Waals surface area contributed by atoms with Crippen LogP contribution in [0.4, 0.5) is 0 Å². The van der Waals surface area contributed by atoms with Crippen LogP contribution >= 0.6 is 23.5 Å². The first-order chi connectivity index (χ1) is 6.86. The zero-order chi connectivity index (χ0) is 9.97. The molecule has 0 nitrogen and oxygen atoms in total. The molecule has 0 amide bonds. The second-order valence-corrected chi connectivity index (χ2v) is 4.71. The highest BCUT2D eigenvalue weighted by Gasteiger charge is 2.03. The minimum atomic E-state index is 1.34. The molecular formula is C12H12S2. The molecule has 0 aliphatic rings. The molecule has 2 aromatic rings. The molecule has 2 heteroatoms. The summed E-state index contributed by atoms with van der Waals surface area (Å²) in [6, 6.07) is 13.0. The third kappa shape index (κ3) is 1.64. The maximum absolute atomic E-state index is 2.19. The topological polar surface area (TPSA) is 0 Å². The van der Waals surface area contributed by atoms with Crippen LogP contribution in [0.25, 0.3) is 10.8 Å². The Morgan fingerprint density at radius 1 is 0.786 bits per heavy atom. The van der Waals surface area contributed by atoms with E-state index in [1.807, 2.05) is 23.5 Å². The van der Waals surface area contributed by atoms with E-state index in [0.717, 1.165) is 0 Å². The number of rotatable bonds is 2. The largest absolute Gasteiger partial charge is 0.129 e. The lowest BCUT2D eigenvalue weighted by Gasteiger charge is -2.07. The SMILES string of the molecule is CSc1cccc2cccc(SC)c12. The Hall–Kier alpha value is -0.600. The van der Waals surface area contributed by atoms with Gasteiger partial charge in [-0.3, -0.25) is 0 Å². The predicted molar refractivity (Wildman–Crippen MR) is 67.5 cm³/mol. The molecular weight excluding hydrogens is 208 g/mol. The first kappa shape index (κ1) is 9.94. The highest BCUT2D eigenvalue weighted by Crippen LogP contribution is 2.33. The van der Waals surface area contributed by atoms with Gasteiger partial charge in [-0.2, -0.15) is 0 Å². The Kier molecular flexibility index (Phi) is 3.04. The molecule has 0 fully saturated rings. The zero-order valence-electron chi connectivity index (χ0n) is 8.28. The van der Waals surface area contributed by atoms with Gasteiger partial charge in [-0.15, -0.1) is 23.5 Å². The van der Waals surface area contributed by atoms with E-state index < -0.39 is 0 Å². The van der Waals surface area contributed by atoms with Crippen molar-refractivity contribution in [1.82, 2.24) is 0 Å². The van der Waals surface area contributed by atoms with Crippen molar-refractivity contribution in [1.29, 1.82) is 0 Å². The lowest BCUT2D eigenvalue weighted by Crippen LogP contribution is -1.80. The fourth-order valence-corrected chi connectivity index (χ4v) is 2.97. The molecule has 0 spiro atoms. The van der Waals surface area contributed by atoms with Gasteiger partial charge in [0.1, 0.15) is 0 Å². The van der Waals surface area contributed by atoms with Crippen LogP contribution in [-0.4, -0.2) is 12.5 Å². The molecule has 0 aromatic heterocycles. The van der Waals surface area contributed by atoms with Crippen LogP contribution in [0.15, 0.2) is 46.2 Å². The smallest absolute Gasteiger partial charge is 0.0159 e. The van der Waals surface area contributed by atoms with Gasteiger partial charge in [0.2, 0.25) is 0 Å². The molecule has 0 heterocycles. The first-order valence-electron chi connectivity index (χ1n) is 4.46. The summed E-state index contributed by atoms with van der Waals surface area (Å²) in [6.07, 6.45) is 4.26. The van der Waals surface area contributed by atoms with Crippen molar-refractivity contribution in [3.8, 4) is 0 Å². The summed E-state index contributed by atoms with van der Waals surface area (Å²) < 4.78 is 0. The molecule has 0 aliphatic carbocycles. The summed E-state index contributed by atoms with van der Waals surface area (Å²) in [5.41, 5.74) is 0. The average molecular weight is 220 g/mol. The Morgan fingerprint density at radius 3 is 1.71 bits per heavy atom. The maximum atomic E-state index is 2.19. The van der Waals surface area contributed by atoms with Crippen molar-refractivity contribution in [3.05, 3.63) is 36.4 Å². The van der Waals surface area contributed by atoms with Gasteiger partial charge in [0.25, 0.3) is 0 Å². The Balaban J connectivity index is 2.81. The fraction of sp³-hybridized carbons (Fsp3) is 0.167. The average Bonchev–Trinajstić information content (AvgIpc) is 2.27. The summed E-state index contributed by atoms with van der Waals surface area (Å²) in [5.74, 6) is 0. The van der Waals surface area contributed by atoms with E-state index in [1.54, 1.807) is 0 Å². The second kappa shape index (κ2) is 4.28. The molecule has 0 aliphatic heterocycles. The lowest BCUT2D eigenvalue weighted by molar-refractivity contribution is 1.45. The molecule has 72 valence electrons. The van der Waals surface area contributed by atoms with Gasteiger partial charge in [0.05, 0.1) is 0 Å². The van der Waals surface area contributed by atoms with Crippen LogP contribution in [0.5, 0.6) is 0 Å². The van der Waals surface area contributed by atoms with Gasteiger partial charge >= 0.3 is 0 Å². The van der Waals surface area contributed by atoms with Gasteiger partial charge in [-0.05, 0) is 30.0 Å². The van der Waals surface area contributed by atoms with Crippen LogP contribution in [-0.2, 0) is 0 Å². The van der Waals surface area contributed by atoms with Crippen LogP contribution in [0.1, 0.15) is 0 Å². The van der Waals surface area contributed by atoms with Gasteiger partial charge in [0.15, 0.2) is 0 Å². The molecule has 0 bridgehead atoms. The van der Waals surface area contributed by atoms with E-state index in [-0.39, 0.29) is 0 Å². The fourth-order valence-electron chi connectivity index (χ4n) is 1.61. The van der Waals surface area contributed by atoms with Crippen molar-refractivity contribution in [2.45, 2.75) is 9.79 Å². The van der Waals surface area contributed by atoms with Crippen LogP contribution in [0.3, 0.4) is 0 Å². The Morgan fingerprint density at radius 2 is 1.29 bits per heavy atom. The van der Waals surface area contributed by atoms with E-state index in [2.05, 4.69) is 48.9 Å². The number of hydrogen-bond donors (Lipinski definition) is 0. The van der Waals surface area contributed by atoms with E-state index in [4.69, 9.17) is 0 Å². The predicted octanol–water partition coefficient (Wildman–Crippen LogP) is 4.28. The normalized spacial score (nSPS) is 10.7. The monoisotopic (exact) mass is 220 g/mol. The zero-order valence-corrected chi connectivity index (χ0v) is 9.91. The van der Waals surface area contributed by atoms with Gasteiger partial charge in [-0.1, -0.05) is 24.3 Å². The number of fused-ring (bicyclic) bond motifs is 1. The highest BCUT2D eigenvalue weighted by atomic mass is 32.2. The van der Waals surface area contributed by atoms with Crippen molar-refractivity contribution in [2.75, 3.05) is 12.5 Å². The molecule has 0 radical (unpaired) electrons. The minimum absolute atomic E-state index is 1.34. The standard InChI is InChI=1S/C12H12S2/c1-13-10-7-3-5-9-6-4-8-11(14-2)12(9)10/h3-8H,1-2H3. The molecule has 0 saturated carbocycles. The van der Waals surface area contributed by atoms with Crippen LogP contribution in [0.2, 0.25) is 0 Å². The molecule has 0 unspecified atom stereocenters. The Labute approximate surface area is 93.1 Å². The van der Waals surface area contributed by atoms with Crippen molar-refractivity contribution < 1.29 is 0 Å². The third-order valence-electron chi connectivity index (χ3n) is 2.27. The van der Waals surface area contributed by atoms with Crippen LogP contribution in [0, 0.1) is 0 Å². The minimum Gasteiger partial charge on any atom is -0.129 e. The van der Waals surface area contributed by atoms with E-state index >= 15 is 0 Å². The van der Waals surface area contributed by atoms with Gasteiger partial charge in [-0.25, -0.2) is 0 Å². The Bertz CT molecular complexity index is 410. The van der Waals surface area contributed by atoms with Crippen molar-refractivity contribution >= 4 is 34.3 Å². The van der Waals surface area contributed by atoms with E-state index in [0.29, 0.717) is 0 Å². The molecule has 0 saturated heterocycles. The van der Waals surface area contributed by atoms with Crippen molar-refractivity contribution in [2.24, 2.45) is 0 Å². The summed E-state index contributed by atoms with van der Waals surface area (Å²) in [5, 5.41) is 2.73. The van der Waals surface area contributed by atoms with E-state index in [9.17, 15) is 0 Å². The number of thioether (sulfide) groups is 2. The number of benzene rings is 2.